The van der Waals surface area contributed by atoms with Gasteiger partial charge < -0.3 is 16.0 Å². The number of H-pyrrole nitrogens is 2. The average Bonchev–Trinajstić information content (AvgIpc) is 2.99. The third kappa shape index (κ3) is 2.58. The molecule has 3 rings (SSSR count). The van der Waals surface area contributed by atoms with Crippen LogP contribution in [0.1, 0.15) is 25.2 Å². The first-order chi connectivity index (χ1) is 10.2. The fraction of sp³-hybridized carbons (Fsp3) is 0.214. The monoisotopic (exact) mass is 284 g/mol. The molecule has 0 spiro atoms. The minimum atomic E-state index is -0.218. The summed E-state index contributed by atoms with van der Waals surface area (Å²) in [6, 6.07) is 5.03. The number of hydrogen-bond donors (Lipinski definition) is 4. The Balaban J connectivity index is 1.97. The van der Waals surface area contributed by atoms with E-state index in [1.165, 1.54) is 0 Å². The van der Waals surface area contributed by atoms with E-state index in [-0.39, 0.29) is 11.6 Å². The second kappa shape index (κ2) is 5.28. The highest BCUT2D eigenvalue weighted by Crippen LogP contribution is 2.18. The van der Waals surface area contributed by atoms with E-state index in [2.05, 4.69) is 25.3 Å². The first kappa shape index (κ1) is 13.2. The number of fused-ring (bicyclic) bond motifs is 1. The van der Waals surface area contributed by atoms with Crippen molar-refractivity contribution < 1.29 is 0 Å². The van der Waals surface area contributed by atoms with Gasteiger partial charge in [0.1, 0.15) is 5.82 Å². The summed E-state index contributed by atoms with van der Waals surface area (Å²) in [5.41, 5.74) is 6.61. The van der Waals surface area contributed by atoms with E-state index in [0.717, 1.165) is 12.2 Å². The third-order valence-electron chi connectivity index (χ3n) is 3.30. The Hall–Kier alpha value is -2.83. The van der Waals surface area contributed by atoms with E-state index in [4.69, 9.17) is 5.73 Å². The summed E-state index contributed by atoms with van der Waals surface area (Å²) < 4.78 is 0. The van der Waals surface area contributed by atoms with Crippen molar-refractivity contribution in [3.8, 4) is 0 Å². The lowest BCUT2D eigenvalue weighted by Crippen LogP contribution is -2.18. The van der Waals surface area contributed by atoms with Gasteiger partial charge in [0.15, 0.2) is 0 Å². The molecule has 7 heteroatoms. The van der Waals surface area contributed by atoms with E-state index in [0.29, 0.717) is 22.5 Å². The molecule has 5 N–H and O–H groups in total. The molecule has 1 atom stereocenters. The number of nitrogens with two attached hydrogens (primary N) is 1. The van der Waals surface area contributed by atoms with Crippen molar-refractivity contribution in [3.63, 3.8) is 0 Å². The Morgan fingerprint density at radius 2 is 2.29 bits per heavy atom. The molecule has 21 heavy (non-hydrogen) atoms. The minimum Gasteiger partial charge on any atom is -0.399 e. The van der Waals surface area contributed by atoms with E-state index >= 15 is 0 Å². The highest BCUT2D eigenvalue weighted by Gasteiger charge is 2.13. The molecule has 0 saturated heterocycles. The molecule has 0 aliphatic carbocycles. The fourth-order valence-corrected chi connectivity index (χ4v) is 2.22. The first-order valence-electron chi connectivity index (χ1n) is 6.72. The summed E-state index contributed by atoms with van der Waals surface area (Å²) >= 11 is 0. The van der Waals surface area contributed by atoms with Gasteiger partial charge in [-0.2, -0.15) is 0 Å². The Labute approximate surface area is 120 Å². The molecule has 3 aromatic rings. The van der Waals surface area contributed by atoms with Gasteiger partial charge in [0.2, 0.25) is 5.95 Å². The van der Waals surface area contributed by atoms with Gasteiger partial charge in [-0.25, -0.2) is 9.97 Å². The molecule has 0 aliphatic heterocycles. The van der Waals surface area contributed by atoms with Gasteiger partial charge in [0.25, 0.3) is 5.56 Å². The van der Waals surface area contributed by atoms with Gasteiger partial charge >= 0.3 is 0 Å². The van der Waals surface area contributed by atoms with Crippen molar-refractivity contribution >= 4 is 22.5 Å². The van der Waals surface area contributed by atoms with Crippen LogP contribution in [0.5, 0.6) is 0 Å². The third-order valence-corrected chi connectivity index (χ3v) is 3.30. The molecule has 2 aromatic heterocycles. The Morgan fingerprint density at radius 3 is 3.00 bits per heavy atom. The van der Waals surface area contributed by atoms with Crippen LogP contribution >= 0.6 is 0 Å². The lowest BCUT2D eigenvalue weighted by molar-refractivity contribution is 0.696. The number of nitrogens with zero attached hydrogens (tertiary/aromatic N) is 2. The van der Waals surface area contributed by atoms with Gasteiger partial charge in [0.05, 0.1) is 16.9 Å². The maximum Gasteiger partial charge on any atom is 0.260 e. The number of nitrogen functional groups attached to an aromatic ring is 1. The van der Waals surface area contributed by atoms with Crippen molar-refractivity contribution in [2.75, 3.05) is 11.1 Å². The zero-order chi connectivity index (χ0) is 14.8. The van der Waals surface area contributed by atoms with E-state index < -0.39 is 0 Å². The van der Waals surface area contributed by atoms with Gasteiger partial charge in [0, 0.05) is 18.1 Å². The van der Waals surface area contributed by atoms with Gasteiger partial charge in [-0.1, -0.05) is 6.92 Å². The highest BCUT2D eigenvalue weighted by molar-refractivity contribution is 5.81. The number of benzene rings is 1. The molecule has 0 fully saturated rings. The van der Waals surface area contributed by atoms with Crippen LogP contribution in [0.15, 0.2) is 35.4 Å². The number of aromatic amines is 2. The van der Waals surface area contributed by atoms with Gasteiger partial charge in [-0.05, 0) is 24.6 Å². The minimum absolute atomic E-state index is 0.0469. The van der Waals surface area contributed by atoms with Crippen LogP contribution in [0.25, 0.3) is 10.9 Å². The van der Waals surface area contributed by atoms with E-state index in [9.17, 15) is 4.79 Å². The molecule has 0 saturated carbocycles. The van der Waals surface area contributed by atoms with Crippen LogP contribution in [0.3, 0.4) is 0 Å². The quantitative estimate of drug-likeness (QED) is 0.546. The molecule has 2 heterocycles. The van der Waals surface area contributed by atoms with Crippen LogP contribution < -0.4 is 16.6 Å². The molecule has 0 aliphatic rings. The second-order valence-corrected chi connectivity index (χ2v) is 4.77. The number of rotatable bonds is 4. The topological polar surface area (TPSA) is 112 Å². The second-order valence-electron chi connectivity index (χ2n) is 4.77. The van der Waals surface area contributed by atoms with E-state index in [1.807, 2.05) is 6.92 Å². The summed E-state index contributed by atoms with van der Waals surface area (Å²) in [4.78, 5) is 26.5. The molecule has 0 bridgehead atoms. The zero-order valence-corrected chi connectivity index (χ0v) is 11.6. The van der Waals surface area contributed by atoms with Crippen molar-refractivity contribution in [2.24, 2.45) is 0 Å². The number of hydrogen-bond acceptors (Lipinski definition) is 5. The van der Waals surface area contributed by atoms with Crippen LogP contribution in [-0.4, -0.2) is 19.9 Å². The van der Waals surface area contributed by atoms with E-state index in [1.54, 1.807) is 30.6 Å². The van der Waals surface area contributed by atoms with Crippen LogP contribution in [0.2, 0.25) is 0 Å². The molecule has 7 nitrogen and oxygen atoms in total. The standard InChI is InChI=1S/C14H16N6O/c1-2-10(12-16-5-6-17-12)18-14-19-11-4-3-8(15)7-9(11)13(21)20-14/h3-7,10H,2,15H2,1H3,(H,16,17)(H2,18,19,20,21). The lowest BCUT2D eigenvalue weighted by Gasteiger charge is -2.15. The molecule has 0 radical (unpaired) electrons. The Morgan fingerprint density at radius 1 is 1.43 bits per heavy atom. The summed E-state index contributed by atoms with van der Waals surface area (Å²) in [5.74, 6) is 1.22. The van der Waals surface area contributed by atoms with Crippen molar-refractivity contribution in [1.29, 1.82) is 0 Å². The molecular weight excluding hydrogens is 268 g/mol. The van der Waals surface area contributed by atoms with Crippen molar-refractivity contribution in [3.05, 3.63) is 46.8 Å². The SMILES string of the molecule is CCC(Nc1nc2ccc(N)cc2c(=O)[nH]1)c1ncc[nH]1. The number of anilines is 2. The zero-order valence-electron chi connectivity index (χ0n) is 11.6. The Kier molecular flexibility index (Phi) is 3.31. The molecule has 1 unspecified atom stereocenters. The van der Waals surface area contributed by atoms with Gasteiger partial charge in [-0.15, -0.1) is 0 Å². The molecule has 108 valence electrons. The number of imidazole rings is 1. The summed E-state index contributed by atoms with van der Waals surface area (Å²) in [6.07, 6.45) is 4.26. The summed E-state index contributed by atoms with van der Waals surface area (Å²) in [6.45, 7) is 2.03. The normalized spacial score (nSPS) is 12.4. The summed E-state index contributed by atoms with van der Waals surface area (Å²) in [7, 11) is 0. The Bertz CT molecular complexity index is 808. The number of aromatic nitrogens is 4. The summed E-state index contributed by atoms with van der Waals surface area (Å²) in [5, 5.41) is 3.67. The van der Waals surface area contributed by atoms with Crippen molar-refractivity contribution in [1.82, 2.24) is 19.9 Å². The maximum absolute atomic E-state index is 12.1. The first-order valence-corrected chi connectivity index (χ1v) is 6.72. The molecule has 1 aromatic carbocycles. The maximum atomic E-state index is 12.1. The highest BCUT2D eigenvalue weighted by atomic mass is 16.1. The fourth-order valence-electron chi connectivity index (χ4n) is 2.22. The predicted octanol–water partition coefficient (Wildman–Crippen LogP) is 1.79. The predicted molar refractivity (Wildman–Crippen MR) is 82.0 cm³/mol. The average molecular weight is 284 g/mol. The van der Waals surface area contributed by atoms with Crippen molar-refractivity contribution in [2.45, 2.75) is 19.4 Å². The smallest absolute Gasteiger partial charge is 0.260 e. The van der Waals surface area contributed by atoms with Crippen LogP contribution in [0.4, 0.5) is 11.6 Å². The van der Waals surface area contributed by atoms with Crippen LogP contribution in [-0.2, 0) is 0 Å². The largest absolute Gasteiger partial charge is 0.399 e. The molecule has 0 amide bonds. The molecular formula is C14H16N6O. The number of nitrogens with one attached hydrogen (secondary N) is 3. The lowest BCUT2D eigenvalue weighted by atomic mass is 10.2. The van der Waals surface area contributed by atoms with Gasteiger partial charge in [-0.3, -0.25) is 9.78 Å². The van der Waals surface area contributed by atoms with Crippen LogP contribution in [0, 0.1) is 0 Å².